The van der Waals surface area contributed by atoms with Crippen molar-refractivity contribution in [2.24, 2.45) is 0 Å². The Morgan fingerprint density at radius 2 is 2.14 bits per heavy atom. The van der Waals surface area contributed by atoms with E-state index in [2.05, 4.69) is 5.32 Å². The molecule has 3 nitrogen and oxygen atoms in total. The van der Waals surface area contributed by atoms with Crippen LogP contribution in [0.1, 0.15) is 11.1 Å². The van der Waals surface area contributed by atoms with E-state index < -0.39 is 17.6 Å². The lowest BCUT2D eigenvalue weighted by Gasteiger charge is -2.33. The molecule has 1 aliphatic heterocycles. The maximum absolute atomic E-state index is 13.1. The van der Waals surface area contributed by atoms with Gasteiger partial charge in [-0.3, -0.25) is 4.90 Å². The van der Waals surface area contributed by atoms with Gasteiger partial charge in [-0.05, 0) is 24.7 Å². The van der Waals surface area contributed by atoms with Crippen molar-refractivity contribution in [1.29, 1.82) is 0 Å². The Hall–Kier alpha value is -1.18. The SMILES string of the molecule is CNCC1CN(Cc2ccc(F)cc2C(F)(F)F)CCO1. The summed E-state index contributed by atoms with van der Waals surface area (Å²) in [4.78, 5) is 1.90. The fourth-order valence-corrected chi connectivity index (χ4v) is 2.47. The van der Waals surface area contributed by atoms with Crippen molar-refractivity contribution < 1.29 is 22.3 Å². The van der Waals surface area contributed by atoms with Gasteiger partial charge in [0.2, 0.25) is 0 Å². The second-order valence-corrected chi connectivity index (χ2v) is 5.08. The molecule has 0 bridgehead atoms. The number of nitrogens with zero attached hydrogens (tertiary/aromatic N) is 1. The van der Waals surface area contributed by atoms with E-state index >= 15 is 0 Å². The number of hydrogen-bond acceptors (Lipinski definition) is 3. The van der Waals surface area contributed by atoms with Gasteiger partial charge >= 0.3 is 6.18 Å². The molecule has 0 aliphatic carbocycles. The van der Waals surface area contributed by atoms with Crippen LogP contribution in [-0.2, 0) is 17.5 Å². The number of ether oxygens (including phenoxy) is 1. The topological polar surface area (TPSA) is 24.5 Å². The quantitative estimate of drug-likeness (QED) is 0.864. The first kappa shape index (κ1) is 16.2. The Balaban J connectivity index is 2.12. The monoisotopic (exact) mass is 306 g/mol. The number of halogens is 4. The van der Waals surface area contributed by atoms with Crippen molar-refractivity contribution in [1.82, 2.24) is 10.2 Å². The number of alkyl halides is 3. The highest BCUT2D eigenvalue weighted by Crippen LogP contribution is 2.33. The number of rotatable bonds is 4. The van der Waals surface area contributed by atoms with Gasteiger partial charge in [0, 0.05) is 26.2 Å². The fraction of sp³-hybridized carbons (Fsp3) is 0.571. The molecule has 0 amide bonds. The third-order valence-electron chi connectivity index (χ3n) is 3.43. The Morgan fingerprint density at radius 3 is 2.81 bits per heavy atom. The highest BCUT2D eigenvalue weighted by Gasteiger charge is 2.34. The smallest absolute Gasteiger partial charge is 0.374 e. The largest absolute Gasteiger partial charge is 0.416 e. The van der Waals surface area contributed by atoms with Gasteiger partial charge < -0.3 is 10.1 Å². The number of benzene rings is 1. The van der Waals surface area contributed by atoms with Crippen molar-refractivity contribution in [3.63, 3.8) is 0 Å². The molecule has 0 radical (unpaired) electrons. The summed E-state index contributed by atoms with van der Waals surface area (Å²) in [5.41, 5.74) is -0.812. The van der Waals surface area contributed by atoms with Crippen LogP contribution in [0, 0.1) is 5.82 Å². The van der Waals surface area contributed by atoms with E-state index in [1.807, 2.05) is 4.90 Å². The molecule has 118 valence electrons. The van der Waals surface area contributed by atoms with E-state index in [1.165, 1.54) is 6.07 Å². The summed E-state index contributed by atoms with van der Waals surface area (Å²) in [6.45, 7) is 2.38. The minimum atomic E-state index is -4.55. The molecule has 1 heterocycles. The highest BCUT2D eigenvalue weighted by molar-refractivity contribution is 5.30. The lowest BCUT2D eigenvalue weighted by atomic mass is 10.1. The molecule has 1 aliphatic rings. The average Bonchev–Trinajstić information content (AvgIpc) is 2.40. The van der Waals surface area contributed by atoms with Gasteiger partial charge in [-0.15, -0.1) is 0 Å². The van der Waals surface area contributed by atoms with Crippen LogP contribution in [0.2, 0.25) is 0 Å². The Morgan fingerprint density at radius 1 is 1.38 bits per heavy atom. The first-order valence-corrected chi connectivity index (χ1v) is 6.74. The predicted molar refractivity (Wildman–Crippen MR) is 70.3 cm³/mol. The fourth-order valence-electron chi connectivity index (χ4n) is 2.47. The number of morpholine rings is 1. The molecule has 0 spiro atoms. The number of hydrogen-bond donors (Lipinski definition) is 1. The van der Waals surface area contributed by atoms with Crippen molar-refractivity contribution in [2.75, 3.05) is 33.3 Å². The van der Waals surface area contributed by atoms with E-state index in [-0.39, 0.29) is 18.2 Å². The van der Waals surface area contributed by atoms with E-state index in [0.29, 0.717) is 32.3 Å². The molecule has 1 aromatic carbocycles. The van der Waals surface area contributed by atoms with Crippen LogP contribution in [-0.4, -0.2) is 44.3 Å². The van der Waals surface area contributed by atoms with Gasteiger partial charge in [-0.2, -0.15) is 13.2 Å². The van der Waals surface area contributed by atoms with Crippen LogP contribution >= 0.6 is 0 Å². The number of likely N-dealkylation sites (N-methyl/N-ethyl adjacent to an activating group) is 1. The second-order valence-electron chi connectivity index (χ2n) is 5.08. The zero-order chi connectivity index (χ0) is 15.5. The molecule has 7 heteroatoms. The lowest BCUT2D eigenvalue weighted by Crippen LogP contribution is -2.45. The molecular weight excluding hydrogens is 288 g/mol. The standard InChI is InChI=1S/C14H18F4N2O/c1-19-7-12-9-20(4-5-21-12)8-10-2-3-11(15)6-13(10)14(16,17)18/h2-3,6,12,19H,4-5,7-9H2,1H3. The molecule has 1 aromatic rings. The lowest BCUT2D eigenvalue weighted by molar-refractivity contribution is -0.138. The van der Waals surface area contributed by atoms with E-state index in [9.17, 15) is 17.6 Å². The number of nitrogens with one attached hydrogen (secondary N) is 1. The van der Waals surface area contributed by atoms with Crippen LogP contribution in [0.3, 0.4) is 0 Å². The van der Waals surface area contributed by atoms with Crippen molar-refractivity contribution in [2.45, 2.75) is 18.8 Å². The van der Waals surface area contributed by atoms with Crippen molar-refractivity contribution in [3.05, 3.63) is 35.1 Å². The predicted octanol–water partition coefficient (Wildman–Crippen LogP) is 2.26. The van der Waals surface area contributed by atoms with E-state index in [4.69, 9.17) is 4.74 Å². The van der Waals surface area contributed by atoms with Gasteiger partial charge in [-0.25, -0.2) is 4.39 Å². The summed E-state index contributed by atoms with van der Waals surface area (Å²) in [6.07, 6.45) is -4.59. The normalized spacial score (nSPS) is 20.7. The summed E-state index contributed by atoms with van der Waals surface area (Å²) in [6, 6.07) is 2.83. The zero-order valence-electron chi connectivity index (χ0n) is 11.7. The minimum absolute atomic E-state index is 0.0430. The average molecular weight is 306 g/mol. The minimum Gasteiger partial charge on any atom is -0.374 e. The van der Waals surface area contributed by atoms with Crippen LogP contribution in [0.5, 0.6) is 0 Å². The molecular formula is C14H18F4N2O. The molecule has 0 saturated carbocycles. The molecule has 1 unspecified atom stereocenters. The Bertz CT molecular complexity index is 477. The summed E-state index contributed by atoms with van der Waals surface area (Å²) >= 11 is 0. The van der Waals surface area contributed by atoms with Crippen molar-refractivity contribution in [3.8, 4) is 0 Å². The van der Waals surface area contributed by atoms with Crippen LogP contribution < -0.4 is 5.32 Å². The van der Waals surface area contributed by atoms with Crippen LogP contribution in [0.25, 0.3) is 0 Å². The first-order valence-electron chi connectivity index (χ1n) is 6.74. The van der Waals surface area contributed by atoms with Gasteiger partial charge in [0.15, 0.2) is 0 Å². The molecule has 1 fully saturated rings. The van der Waals surface area contributed by atoms with E-state index in [1.54, 1.807) is 7.05 Å². The summed E-state index contributed by atoms with van der Waals surface area (Å²) in [5.74, 6) is -0.874. The third-order valence-corrected chi connectivity index (χ3v) is 3.43. The summed E-state index contributed by atoms with van der Waals surface area (Å²) in [5, 5.41) is 2.98. The Kier molecular flexibility index (Phi) is 5.18. The van der Waals surface area contributed by atoms with E-state index in [0.717, 1.165) is 6.07 Å². The summed E-state index contributed by atoms with van der Waals surface area (Å²) in [7, 11) is 1.80. The van der Waals surface area contributed by atoms with Gasteiger partial charge in [0.1, 0.15) is 5.82 Å². The first-order chi connectivity index (χ1) is 9.90. The Labute approximate surface area is 120 Å². The maximum Gasteiger partial charge on any atom is 0.416 e. The van der Waals surface area contributed by atoms with Gasteiger partial charge in [0.25, 0.3) is 0 Å². The highest BCUT2D eigenvalue weighted by atomic mass is 19.4. The van der Waals surface area contributed by atoms with Crippen LogP contribution in [0.15, 0.2) is 18.2 Å². The maximum atomic E-state index is 13.1. The molecule has 21 heavy (non-hydrogen) atoms. The van der Waals surface area contributed by atoms with Gasteiger partial charge in [-0.1, -0.05) is 6.07 Å². The van der Waals surface area contributed by atoms with Crippen molar-refractivity contribution >= 4 is 0 Å². The molecule has 1 N–H and O–H groups in total. The third kappa shape index (κ3) is 4.39. The van der Waals surface area contributed by atoms with Crippen LogP contribution in [0.4, 0.5) is 17.6 Å². The molecule has 0 aromatic heterocycles. The molecule has 1 atom stereocenters. The molecule has 1 saturated heterocycles. The molecule has 2 rings (SSSR count). The summed E-state index contributed by atoms with van der Waals surface area (Å²) < 4.78 is 57.5. The zero-order valence-corrected chi connectivity index (χ0v) is 11.7. The van der Waals surface area contributed by atoms with Gasteiger partial charge in [0.05, 0.1) is 18.3 Å². The second kappa shape index (κ2) is 6.72.